The fraction of sp³-hybridized carbons (Fsp3) is 0.364. The second-order valence-corrected chi connectivity index (χ2v) is 4.10. The largest absolute Gasteiger partial charge is 0.444 e. The molecule has 2 rings (SSSR count). The summed E-state index contributed by atoms with van der Waals surface area (Å²) in [5, 5.41) is 2.67. The molecule has 2 heterocycles. The van der Waals surface area contributed by atoms with Gasteiger partial charge in [0.05, 0.1) is 12.2 Å². The predicted molar refractivity (Wildman–Crippen MR) is 64.8 cm³/mol. The summed E-state index contributed by atoms with van der Waals surface area (Å²) in [6.45, 7) is 3.62. The minimum absolute atomic E-state index is 0.0432. The second-order valence-electron chi connectivity index (χ2n) is 4.10. The van der Waals surface area contributed by atoms with E-state index in [1.54, 1.807) is 13.8 Å². The molecule has 0 spiro atoms. The van der Waals surface area contributed by atoms with Crippen molar-refractivity contribution in [2.75, 3.05) is 11.1 Å². The molecule has 9 heteroatoms. The van der Waals surface area contributed by atoms with E-state index < -0.39 is 17.8 Å². The van der Waals surface area contributed by atoms with Gasteiger partial charge in [-0.1, -0.05) is 0 Å². The summed E-state index contributed by atoms with van der Waals surface area (Å²) in [5.74, 6) is 0.506. The van der Waals surface area contributed by atoms with Crippen LogP contribution in [0, 0.1) is 13.8 Å². The first-order chi connectivity index (χ1) is 9.25. The first-order valence-electron chi connectivity index (χ1n) is 5.64. The average Bonchev–Trinajstić information content (AvgIpc) is 2.65. The molecule has 0 saturated heterocycles. The number of hydrogen-bond acceptors (Lipinski definition) is 6. The summed E-state index contributed by atoms with van der Waals surface area (Å²) in [7, 11) is 0. The van der Waals surface area contributed by atoms with Gasteiger partial charge in [0, 0.05) is 6.07 Å². The minimum Gasteiger partial charge on any atom is -0.444 e. The van der Waals surface area contributed by atoms with Crippen molar-refractivity contribution in [3.8, 4) is 0 Å². The lowest BCUT2D eigenvalue weighted by Crippen LogP contribution is -2.13. The standard InChI is InChI=1S/C11H12F3N5O/c1-5-6(2)20-9(17-5)4-16-8-3-7(11(12,13)14)18-10(15)19-8/h3H,4H2,1-2H3,(H3,15,16,18,19). The van der Waals surface area contributed by atoms with Crippen LogP contribution >= 0.6 is 0 Å². The second kappa shape index (κ2) is 4.99. The van der Waals surface area contributed by atoms with E-state index in [2.05, 4.69) is 20.3 Å². The maximum Gasteiger partial charge on any atom is 0.433 e. The van der Waals surface area contributed by atoms with Crippen LogP contribution in [0.2, 0.25) is 0 Å². The summed E-state index contributed by atoms with van der Waals surface area (Å²) in [6, 6.07) is 0.777. The zero-order valence-corrected chi connectivity index (χ0v) is 10.7. The number of nitrogens with two attached hydrogens (primary N) is 1. The maximum atomic E-state index is 12.6. The number of nitrogens with one attached hydrogen (secondary N) is 1. The van der Waals surface area contributed by atoms with Gasteiger partial charge in [0.15, 0.2) is 5.69 Å². The van der Waals surface area contributed by atoms with E-state index in [0.29, 0.717) is 11.7 Å². The highest BCUT2D eigenvalue weighted by molar-refractivity contribution is 5.41. The molecule has 2 aromatic heterocycles. The summed E-state index contributed by atoms with van der Waals surface area (Å²) < 4.78 is 43.0. The highest BCUT2D eigenvalue weighted by Gasteiger charge is 2.33. The minimum atomic E-state index is -4.58. The van der Waals surface area contributed by atoms with Gasteiger partial charge >= 0.3 is 6.18 Å². The number of aromatic nitrogens is 3. The molecule has 6 nitrogen and oxygen atoms in total. The van der Waals surface area contributed by atoms with Crippen LogP contribution in [0.5, 0.6) is 0 Å². The van der Waals surface area contributed by atoms with Crippen molar-refractivity contribution in [2.45, 2.75) is 26.6 Å². The van der Waals surface area contributed by atoms with E-state index in [1.807, 2.05) is 0 Å². The highest BCUT2D eigenvalue weighted by Crippen LogP contribution is 2.29. The molecule has 0 aliphatic rings. The Morgan fingerprint density at radius 2 is 1.95 bits per heavy atom. The molecule has 0 aliphatic carbocycles. The molecule has 0 fully saturated rings. The molecule has 0 aliphatic heterocycles. The SMILES string of the molecule is Cc1nc(CNc2cc(C(F)(F)F)nc(N)n2)oc1C. The Morgan fingerprint density at radius 3 is 2.50 bits per heavy atom. The third-order valence-corrected chi connectivity index (χ3v) is 2.53. The Labute approximate surface area is 112 Å². The van der Waals surface area contributed by atoms with Gasteiger partial charge < -0.3 is 15.5 Å². The summed E-state index contributed by atoms with van der Waals surface area (Å²) in [4.78, 5) is 10.9. The van der Waals surface area contributed by atoms with Gasteiger partial charge in [0.1, 0.15) is 11.6 Å². The molecule has 0 saturated carbocycles. The lowest BCUT2D eigenvalue weighted by atomic mass is 10.3. The lowest BCUT2D eigenvalue weighted by molar-refractivity contribution is -0.141. The third kappa shape index (κ3) is 3.16. The zero-order chi connectivity index (χ0) is 14.9. The van der Waals surface area contributed by atoms with E-state index in [9.17, 15) is 13.2 Å². The van der Waals surface area contributed by atoms with Crippen molar-refractivity contribution in [1.82, 2.24) is 15.0 Å². The number of nitrogen functional groups attached to an aromatic ring is 1. The molecule has 0 aromatic carbocycles. The highest BCUT2D eigenvalue weighted by atomic mass is 19.4. The van der Waals surface area contributed by atoms with Crippen molar-refractivity contribution in [3.63, 3.8) is 0 Å². The molecule has 0 bridgehead atoms. The molecule has 20 heavy (non-hydrogen) atoms. The lowest BCUT2D eigenvalue weighted by Gasteiger charge is -2.09. The molecular weight excluding hydrogens is 275 g/mol. The van der Waals surface area contributed by atoms with Gasteiger partial charge in [-0.05, 0) is 13.8 Å². The Bertz CT molecular complexity index is 604. The summed E-state index contributed by atoms with van der Waals surface area (Å²) in [5.41, 5.74) is 4.87. The normalized spacial score (nSPS) is 11.7. The smallest absolute Gasteiger partial charge is 0.433 e. The average molecular weight is 287 g/mol. The molecule has 2 aromatic rings. The molecule has 0 unspecified atom stereocenters. The fourth-order valence-corrected chi connectivity index (χ4v) is 1.48. The molecule has 0 radical (unpaired) electrons. The van der Waals surface area contributed by atoms with Crippen LogP contribution < -0.4 is 11.1 Å². The molecular formula is C11H12F3N5O. The Hall–Kier alpha value is -2.32. The predicted octanol–water partition coefficient (Wildman–Crippen LogP) is 2.29. The number of aryl methyl sites for hydroxylation is 2. The number of alkyl halides is 3. The quantitative estimate of drug-likeness (QED) is 0.900. The van der Waals surface area contributed by atoms with Crippen LogP contribution in [-0.2, 0) is 12.7 Å². The van der Waals surface area contributed by atoms with E-state index in [4.69, 9.17) is 10.2 Å². The Kier molecular flexibility index (Phi) is 3.51. The van der Waals surface area contributed by atoms with Gasteiger partial charge in [-0.3, -0.25) is 0 Å². The molecule has 3 N–H and O–H groups in total. The van der Waals surface area contributed by atoms with Crippen molar-refractivity contribution in [2.24, 2.45) is 0 Å². The van der Waals surface area contributed by atoms with Gasteiger partial charge in [-0.15, -0.1) is 0 Å². The first-order valence-corrected chi connectivity index (χ1v) is 5.64. The van der Waals surface area contributed by atoms with Crippen LogP contribution in [0.3, 0.4) is 0 Å². The van der Waals surface area contributed by atoms with E-state index in [-0.39, 0.29) is 12.4 Å². The Morgan fingerprint density at radius 1 is 1.25 bits per heavy atom. The van der Waals surface area contributed by atoms with Crippen molar-refractivity contribution >= 4 is 11.8 Å². The molecule has 0 atom stereocenters. The number of rotatable bonds is 3. The van der Waals surface area contributed by atoms with Crippen LogP contribution in [0.1, 0.15) is 23.0 Å². The van der Waals surface area contributed by atoms with Crippen LogP contribution in [0.4, 0.5) is 24.9 Å². The molecule has 0 amide bonds. The number of anilines is 2. The third-order valence-electron chi connectivity index (χ3n) is 2.53. The van der Waals surface area contributed by atoms with Crippen molar-refractivity contribution in [3.05, 3.63) is 29.1 Å². The van der Waals surface area contributed by atoms with E-state index in [0.717, 1.165) is 11.8 Å². The number of oxazole rings is 1. The first kappa shape index (κ1) is 14.1. The summed E-state index contributed by atoms with van der Waals surface area (Å²) >= 11 is 0. The van der Waals surface area contributed by atoms with Gasteiger partial charge in [-0.25, -0.2) is 9.97 Å². The maximum absolute atomic E-state index is 12.6. The summed E-state index contributed by atoms with van der Waals surface area (Å²) in [6.07, 6.45) is -4.58. The number of halogens is 3. The van der Waals surface area contributed by atoms with Gasteiger partial charge in [0.25, 0.3) is 0 Å². The fourth-order valence-electron chi connectivity index (χ4n) is 1.48. The van der Waals surface area contributed by atoms with Gasteiger partial charge in [-0.2, -0.15) is 18.2 Å². The van der Waals surface area contributed by atoms with Gasteiger partial charge in [0.2, 0.25) is 11.8 Å². The van der Waals surface area contributed by atoms with Crippen LogP contribution in [0.25, 0.3) is 0 Å². The number of hydrogen-bond donors (Lipinski definition) is 2. The van der Waals surface area contributed by atoms with Crippen LogP contribution in [0.15, 0.2) is 10.5 Å². The van der Waals surface area contributed by atoms with Crippen molar-refractivity contribution in [1.29, 1.82) is 0 Å². The van der Waals surface area contributed by atoms with E-state index >= 15 is 0 Å². The Balaban J connectivity index is 2.15. The topological polar surface area (TPSA) is 89.9 Å². The zero-order valence-electron chi connectivity index (χ0n) is 10.7. The van der Waals surface area contributed by atoms with Crippen LogP contribution in [-0.4, -0.2) is 15.0 Å². The van der Waals surface area contributed by atoms with E-state index in [1.165, 1.54) is 0 Å². The monoisotopic (exact) mass is 287 g/mol. The number of nitrogens with zero attached hydrogens (tertiary/aromatic N) is 3. The van der Waals surface area contributed by atoms with Crippen molar-refractivity contribution < 1.29 is 17.6 Å². The molecule has 108 valence electrons.